The first kappa shape index (κ1) is 20.2. The van der Waals surface area contributed by atoms with Crippen molar-refractivity contribution in [3.05, 3.63) is 59.7 Å². The van der Waals surface area contributed by atoms with Crippen molar-refractivity contribution in [1.29, 1.82) is 0 Å². The summed E-state index contributed by atoms with van der Waals surface area (Å²) in [4.78, 5) is 6.60. The minimum atomic E-state index is -0.344. The van der Waals surface area contributed by atoms with E-state index in [1.54, 1.807) is 7.11 Å². The third-order valence-corrected chi connectivity index (χ3v) is 4.26. The molecule has 2 aromatic carbocycles. The zero-order valence-corrected chi connectivity index (χ0v) is 15.9. The predicted molar refractivity (Wildman–Crippen MR) is 103 cm³/mol. The van der Waals surface area contributed by atoms with E-state index in [9.17, 15) is 0 Å². The first-order valence-corrected chi connectivity index (χ1v) is 8.91. The molecule has 0 amide bonds. The molecule has 5 heteroatoms. The van der Waals surface area contributed by atoms with Gasteiger partial charge in [0.25, 0.3) is 0 Å². The molecule has 1 atom stereocenters. The number of hydrogen-bond acceptors (Lipinski definition) is 5. The fraction of sp³-hybridized carbons (Fsp3) is 0.429. The molecule has 0 heterocycles. The number of para-hydroxylation sites is 1. The molecule has 0 saturated heterocycles. The maximum atomic E-state index is 9.08. The van der Waals surface area contributed by atoms with Crippen LogP contribution in [0.1, 0.15) is 17.5 Å². The number of nitrogens with zero attached hydrogens (tertiary/aromatic N) is 1. The van der Waals surface area contributed by atoms with Gasteiger partial charge in [-0.25, -0.2) is 4.89 Å². The summed E-state index contributed by atoms with van der Waals surface area (Å²) in [6.07, 6.45) is 2.13. The highest BCUT2D eigenvalue weighted by Gasteiger charge is 2.12. The molecule has 0 bridgehead atoms. The third-order valence-electron chi connectivity index (χ3n) is 4.26. The molecule has 2 aromatic rings. The van der Waals surface area contributed by atoms with Crippen LogP contribution < -0.4 is 9.47 Å². The minimum Gasteiger partial charge on any atom is -0.497 e. The zero-order chi connectivity index (χ0) is 18.8. The van der Waals surface area contributed by atoms with Gasteiger partial charge in [-0.2, -0.15) is 0 Å². The first-order chi connectivity index (χ1) is 12.6. The summed E-state index contributed by atoms with van der Waals surface area (Å²) in [6, 6.07) is 16.1. The maximum absolute atomic E-state index is 9.08. The Morgan fingerprint density at radius 3 is 2.58 bits per heavy atom. The van der Waals surface area contributed by atoms with Gasteiger partial charge < -0.3 is 14.4 Å². The Kier molecular flexibility index (Phi) is 8.41. The second-order valence-electron chi connectivity index (χ2n) is 6.59. The quantitative estimate of drug-likeness (QED) is 0.490. The number of hydrogen-bond donors (Lipinski definition) is 1. The normalized spacial score (nSPS) is 12.2. The lowest BCUT2D eigenvalue weighted by Crippen LogP contribution is -2.26. The van der Waals surface area contributed by atoms with E-state index in [0.717, 1.165) is 36.4 Å². The topological polar surface area (TPSA) is 51.2 Å². The van der Waals surface area contributed by atoms with Crippen LogP contribution in [0.3, 0.4) is 0 Å². The van der Waals surface area contributed by atoms with Gasteiger partial charge in [0.2, 0.25) is 0 Å². The van der Waals surface area contributed by atoms with Crippen molar-refractivity contribution in [2.45, 2.75) is 25.4 Å². The lowest BCUT2D eigenvalue weighted by atomic mass is 10.0. The van der Waals surface area contributed by atoms with Crippen molar-refractivity contribution in [3.8, 4) is 11.5 Å². The summed E-state index contributed by atoms with van der Waals surface area (Å²) >= 11 is 0. The Balaban J connectivity index is 1.94. The van der Waals surface area contributed by atoms with Gasteiger partial charge in [0, 0.05) is 6.54 Å². The van der Waals surface area contributed by atoms with E-state index >= 15 is 0 Å². The highest BCUT2D eigenvalue weighted by molar-refractivity contribution is 5.35. The fourth-order valence-electron chi connectivity index (χ4n) is 2.71. The molecule has 0 aliphatic carbocycles. The Morgan fingerprint density at radius 1 is 1.04 bits per heavy atom. The van der Waals surface area contributed by atoms with Crippen LogP contribution in [0.25, 0.3) is 0 Å². The second kappa shape index (κ2) is 10.8. The predicted octanol–water partition coefficient (Wildman–Crippen LogP) is 3.67. The lowest BCUT2D eigenvalue weighted by Gasteiger charge is -2.18. The van der Waals surface area contributed by atoms with E-state index in [2.05, 4.69) is 23.1 Å². The molecule has 0 spiro atoms. The van der Waals surface area contributed by atoms with Crippen molar-refractivity contribution in [2.24, 2.45) is 0 Å². The van der Waals surface area contributed by atoms with Crippen LogP contribution in [-0.2, 0) is 17.7 Å². The zero-order valence-electron chi connectivity index (χ0n) is 15.9. The summed E-state index contributed by atoms with van der Waals surface area (Å²) < 4.78 is 11.2. The third kappa shape index (κ3) is 6.67. The van der Waals surface area contributed by atoms with E-state index in [0.29, 0.717) is 13.0 Å². The van der Waals surface area contributed by atoms with Gasteiger partial charge in [-0.05, 0) is 62.7 Å². The Labute approximate surface area is 156 Å². The van der Waals surface area contributed by atoms with Crippen LogP contribution in [0, 0.1) is 0 Å². The molecule has 1 N–H and O–H groups in total. The SMILES string of the molecule is COc1cccc(CCc2ccccc2OC[C@H](CCN(C)C)OO)c1. The number of ether oxygens (including phenoxy) is 2. The lowest BCUT2D eigenvalue weighted by molar-refractivity contribution is -0.284. The van der Waals surface area contributed by atoms with Crippen LogP contribution >= 0.6 is 0 Å². The van der Waals surface area contributed by atoms with E-state index in [-0.39, 0.29) is 6.10 Å². The van der Waals surface area contributed by atoms with Gasteiger partial charge in [-0.15, -0.1) is 0 Å². The highest BCUT2D eigenvalue weighted by Crippen LogP contribution is 2.22. The molecule has 26 heavy (non-hydrogen) atoms. The summed E-state index contributed by atoms with van der Waals surface area (Å²) in [5, 5.41) is 9.08. The number of aryl methyl sites for hydroxylation is 2. The molecule has 0 radical (unpaired) electrons. The molecule has 0 aromatic heterocycles. The molecule has 0 saturated carbocycles. The van der Waals surface area contributed by atoms with Gasteiger partial charge in [0.1, 0.15) is 24.2 Å². The Hall–Kier alpha value is -2.08. The molecule has 0 aliphatic heterocycles. The van der Waals surface area contributed by atoms with Crippen LogP contribution in [0.15, 0.2) is 48.5 Å². The number of benzene rings is 2. The van der Waals surface area contributed by atoms with Gasteiger partial charge >= 0.3 is 0 Å². The minimum absolute atomic E-state index is 0.320. The van der Waals surface area contributed by atoms with Crippen molar-refractivity contribution in [1.82, 2.24) is 4.90 Å². The molecular weight excluding hydrogens is 330 g/mol. The molecule has 0 aliphatic rings. The molecule has 0 unspecified atom stereocenters. The van der Waals surface area contributed by atoms with Crippen LogP contribution in [-0.4, -0.2) is 50.6 Å². The molecular formula is C21H29NO4. The van der Waals surface area contributed by atoms with Gasteiger partial charge in [0.05, 0.1) is 7.11 Å². The molecule has 5 nitrogen and oxygen atoms in total. The number of methoxy groups -OCH3 is 1. The van der Waals surface area contributed by atoms with E-state index < -0.39 is 0 Å². The van der Waals surface area contributed by atoms with Gasteiger partial charge in [-0.1, -0.05) is 30.3 Å². The van der Waals surface area contributed by atoms with E-state index in [4.69, 9.17) is 14.7 Å². The van der Waals surface area contributed by atoms with Crippen molar-refractivity contribution in [2.75, 3.05) is 34.4 Å². The van der Waals surface area contributed by atoms with Crippen LogP contribution in [0.4, 0.5) is 0 Å². The smallest absolute Gasteiger partial charge is 0.128 e. The van der Waals surface area contributed by atoms with Crippen molar-refractivity contribution >= 4 is 0 Å². The summed E-state index contributed by atoms with van der Waals surface area (Å²) in [7, 11) is 5.66. The second-order valence-corrected chi connectivity index (χ2v) is 6.59. The highest BCUT2D eigenvalue weighted by atomic mass is 17.1. The fourth-order valence-corrected chi connectivity index (χ4v) is 2.71. The first-order valence-electron chi connectivity index (χ1n) is 8.91. The molecule has 142 valence electrons. The van der Waals surface area contributed by atoms with Crippen molar-refractivity contribution in [3.63, 3.8) is 0 Å². The van der Waals surface area contributed by atoms with Gasteiger partial charge in [0.15, 0.2) is 0 Å². The van der Waals surface area contributed by atoms with E-state index in [1.165, 1.54) is 5.56 Å². The Bertz CT molecular complexity index is 660. The largest absolute Gasteiger partial charge is 0.497 e. The maximum Gasteiger partial charge on any atom is 0.128 e. The van der Waals surface area contributed by atoms with Crippen LogP contribution in [0.2, 0.25) is 0 Å². The average Bonchev–Trinajstić information content (AvgIpc) is 2.67. The van der Waals surface area contributed by atoms with E-state index in [1.807, 2.05) is 49.3 Å². The standard InChI is InChI=1S/C21H29NO4/c1-22(2)14-13-20(26-23)16-25-21-10-5-4-8-18(21)12-11-17-7-6-9-19(15-17)24-3/h4-10,15,20,23H,11-14,16H2,1-3H3/t20-/m0/s1. The van der Waals surface area contributed by atoms with Gasteiger partial charge in [-0.3, -0.25) is 5.26 Å². The molecule has 0 fully saturated rings. The molecule has 2 rings (SSSR count). The van der Waals surface area contributed by atoms with Crippen molar-refractivity contribution < 1.29 is 19.6 Å². The summed E-state index contributed by atoms with van der Waals surface area (Å²) in [5.41, 5.74) is 2.36. The monoisotopic (exact) mass is 359 g/mol. The number of rotatable bonds is 11. The Morgan fingerprint density at radius 2 is 1.85 bits per heavy atom. The summed E-state index contributed by atoms with van der Waals surface area (Å²) in [6.45, 7) is 1.15. The van der Waals surface area contributed by atoms with Crippen LogP contribution in [0.5, 0.6) is 11.5 Å². The summed E-state index contributed by atoms with van der Waals surface area (Å²) in [5.74, 6) is 1.71. The average molecular weight is 359 g/mol.